The number of halogens is 3. The van der Waals surface area contributed by atoms with E-state index in [1.807, 2.05) is 13.0 Å². The topological polar surface area (TPSA) is 42.2 Å². The fourth-order valence-corrected chi connectivity index (χ4v) is 2.18. The van der Waals surface area contributed by atoms with Crippen molar-refractivity contribution < 1.29 is 9.21 Å². The van der Waals surface area contributed by atoms with Crippen molar-refractivity contribution >= 4 is 45.0 Å². The Morgan fingerprint density at radius 1 is 1.26 bits per heavy atom. The zero-order chi connectivity index (χ0) is 14.0. The van der Waals surface area contributed by atoms with Crippen LogP contribution in [0, 0.1) is 0 Å². The number of hydrogen-bond acceptors (Lipinski definition) is 2. The van der Waals surface area contributed by atoms with Crippen molar-refractivity contribution in [3.05, 3.63) is 56.4 Å². The van der Waals surface area contributed by atoms with Gasteiger partial charge in [-0.3, -0.25) is 4.79 Å². The molecule has 1 unspecified atom stereocenters. The van der Waals surface area contributed by atoms with E-state index in [0.717, 1.165) is 5.56 Å². The third kappa shape index (κ3) is 3.53. The molecule has 1 heterocycles. The molecule has 3 nitrogen and oxygen atoms in total. The Hall–Kier alpha value is -0.970. The van der Waals surface area contributed by atoms with Crippen molar-refractivity contribution in [2.45, 2.75) is 13.0 Å². The van der Waals surface area contributed by atoms with Crippen molar-refractivity contribution in [1.29, 1.82) is 0 Å². The van der Waals surface area contributed by atoms with E-state index in [1.165, 1.54) is 0 Å². The quantitative estimate of drug-likeness (QED) is 0.848. The van der Waals surface area contributed by atoms with Gasteiger partial charge in [0.25, 0.3) is 5.91 Å². The van der Waals surface area contributed by atoms with Crippen molar-refractivity contribution in [2.24, 2.45) is 0 Å². The highest BCUT2D eigenvalue weighted by atomic mass is 79.9. The normalized spacial score (nSPS) is 12.2. The van der Waals surface area contributed by atoms with Crippen LogP contribution >= 0.6 is 39.1 Å². The Morgan fingerprint density at radius 3 is 2.58 bits per heavy atom. The molecular formula is C13H10BrCl2NO2. The Balaban J connectivity index is 2.10. The highest BCUT2D eigenvalue weighted by Crippen LogP contribution is 2.25. The van der Waals surface area contributed by atoms with Crippen molar-refractivity contribution in [3.63, 3.8) is 0 Å². The predicted octanol–water partition coefficient (Wildman–Crippen LogP) is 4.84. The first-order valence-corrected chi connectivity index (χ1v) is 7.03. The van der Waals surface area contributed by atoms with Gasteiger partial charge in [-0.15, -0.1) is 0 Å². The average molecular weight is 363 g/mol. The number of benzene rings is 1. The van der Waals surface area contributed by atoms with Gasteiger partial charge in [0.05, 0.1) is 16.1 Å². The Morgan fingerprint density at radius 2 is 2.00 bits per heavy atom. The lowest BCUT2D eigenvalue weighted by atomic mass is 10.1. The first kappa shape index (κ1) is 14.4. The van der Waals surface area contributed by atoms with E-state index in [9.17, 15) is 4.79 Å². The molecule has 0 bridgehead atoms. The maximum atomic E-state index is 11.9. The maximum Gasteiger partial charge on any atom is 0.287 e. The molecule has 1 aromatic carbocycles. The highest BCUT2D eigenvalue weighted by molar-refractivity contribution is 9.10. The minimum absolute atomic E-state index is 0.203. The van der Waals surface area contributed by atoms with Gasteiger partial charge < -0.3 is 9.73 Å². The summed E-state index contributed by atoms with van der Waals surface area (Å²) < 4.78 is 5.70. The molecule has 0 aliphatic rings. The standard InChI is InChI=1S/C13H10BrCl2NO2/c1-7(8-2-3-9(15)10(16)6-8)17-13(18)11-4-5-12(14)19-11/h2-7H,1H3,(H,17,18). The summed E-state index contributed by atoms with van der Waals surface area (Å²) in [6, 6.07) is 8.31. The Bertz CT molecular complexity index is 612. The van der Waals surface area contributed by atoms with Crippen LogP contribution in [0.5, 0.6) is 0 Å². The van der Waals surface area contributed by atoms with Crippen LogP contribution in [0.3, 0.4) is 0 Å². The molecule has 0 saturated heterocycles. The molecule has 1 N–H and O–H groups in total. The number of carbonyl (C=O) groups excluding carboxylic acids is 1. The summed E-state index contributed by atoms with van der Waals surface area (Å²) in [5, 5.41) is 3.76. The van der Waals surface area contributed by atoms with Crippen LogP contribution < -0.4 is 5.32 Å². The molecule has 0 saturated carbocycles. The second kappa shape index (κ2) is 5.99. The molecule has 1 aromatic heterocycles. The zero-order valence-electron chi connectivity index (χ0n) is 9.91. The van der Waals surface area contributed by atoms with Crippen LogP contribution in [0.1, 0.15) is 29.1 Å². The van der Waals surface area contributed by atoms with Gasteiger partial charge in [0, 0.05) is 0 Å². The van der Waals surface area contributed by atoms with Gasteiger partial charge in [-0.2, -0.15) is 0 Å². The van der Waals surface area contributed by atoms with E-state index in [2.05, 4.69) is 21.2 Å². The number of nitrogens with one attached hydrogen (secondary N) is 1. The van der Waals surface area contributed by atoms with Crippen molar-refractivity contribution in [1.82, 2.24) is 5.32 Å². The van der Waals surface area contributed by atoms with Gasteiger partial charge >= 0.3 is 0 Å². The van der Waals surface area contributed by atoms with Gasteiger partial charge in [0.2, 0.25) is 0 Å². The monoisotopic (exact) mass is 361 g/mol. The molecule has 0 aliphatic heterocycles. The SMILES string of the molecule is CC(NC(=O)c1ccc(Br)o1)c1ccc(Cl)c(Cl)c1. The number of carbonyl (C=O) groups is 1. The molecular weight excluding hydrogens is 353 g/mol. The van der Waals surface area contributed by atoms with Crippen LogP contribution in [0.25, 0.3) is 0 Å². The summed E-state index contributed by atoms with van der Waals surface area (Å²) in [5.41, 5.74) is 0.869. The number of furan rings is 1. The van der Waals surface area contributed by atoms with Gasteiger partial charge in [-0.25, -0.2) is 0 Å². The van der Waals surface area contributed by atoms with Gasteiger partial charge in [0.1, 0.15) is 0 Å². The summed E-state index contributed by atoms with van der Waals surface area (Å²) in [5.74, 6) is -0.0388. The summed E-state index contributed by atoms with van der Waals surface area (Å²) in [7, 11) is 0. The van der Waals surface area contributed by atoms with E-state index in [4.69, 9.17) is 27.6 Å². The molecule has 0 spiro atoms. The minimum atomic E-state index is -0.288. The van der Waals surface area contributed by atoms with Crippen molar-refractivity contribution in [2.75, 3.05) is 0 Å². The Labute approximate surface area is 129 Å². The first-order valence-electron chi connectivity index (χ1n) is 5.48. The third-order valence-electron chi connectivity index (χ3n) is 2.59. The summed E-state index contributed by atoms with van der Waals surface area (Å²) in [4.78, 5) is 11.9. The lowest BCUT2D eigenvalue weighted by molar-refractivity contribution is 0.0910. The van der Waals surface area contributed by atoms with Crippen LogP contribution in [0.4, 0.5) is 0 Å². The van der Waals surface area contributed by atoms with Crippen LogP contribution in [0.15, 0.2) is 39.4 Å². The summed E-state index contributed by atoms with van der Waals surface area (Å²) in [6.45, 7) is 1.86. The molecule has 0 aliphatic carbocycles. The largest absolute Gasteiger partial charge is 0.444 e. The molecule has 2 aromatic rings. The van der Waals surface area contributed by atoms with Crippen molar-refractivity contribution in [3.8, 4) is 0 Å². The molecule has 6 heteroatoms. The van der Waals surface area contributed by atoms with E-state index < -0.39 is 0 Å². The highest BCUT2D eigenvalue weighted by Gasteiger charge is 2.15. The van der Waals surface area contributed by atoms with Gasteiger partial charge in [0.15, 0.2) is 10.4 Å². The second-order valence-corrected chi connectivity index (χ2v) is 5.57. The van der Waals surface area contributed by atoms with Gasteiger partial charge in [-0.05, 0) is 52.7 Å². The van der Waals surface area contributed by atoms with E-state index in [0.29, 0.717) is 14.7 Å². The first-order chi connectivity index (χ1) is 8.97. The van der Waals surface area contributed by atoms with Crippen LogP contribution in [-0.4, -0.2) is 5.91 Å². The number of hydrogen-bond donors (Lipinski definition) is 1. The average Bonchev–Trinajstić information content (AvgIpc) is 2.79. The Kier molecular flexibility index (Phi) is 4.55. The number of amides is 1. The van der Waals surface area contributed by atoms with Crippen LogP contribution in [0.2, 0.25) is 10.0 Å². The minimum Gasteiger partial charge on any atom is -0.444 e. The van der Waals surface area contributed by atoms with Gasteiger partial charge in [-0.1, -0.05) is 29.3 Å². The molecule has 1 amide bonds. The maximum absolute atomic E-state index is 11.9. The third-order valence-corrected chi connectivity index (χ3v) is 3.75. The molecule has 100 valence electrons. The zero-order valence-corrected chi connectivity index (χ0v) is 13.0. The molecule has 1 atom stereocenters. The van der Waals surface area contributed by atoms with E-state index in [-0.39, 0.29) is 17.7 Å². The molecule has 2 rings (SSSR count). The summed E-state index contributed by atoms with van der Waals surface area (Å²) in [6.07, 6.45) is 0. The van der Waals surface area contributed by atoms with E-state index >= 15 is 0 Å². The smallest absolute Gasteiger partial charge is 0.287 e. The molecule has 0 fully saturated rings. The second-order valence-electron chi connectivity index (χ2n) is 3.97. The van der Waals surface area contributed by atoms with Crippen LogP contribution in [-0.2, 0) is 0 Å². The summed E-state index contributed by atoms with van der Waals surface area (Å²) >= 11 is 14.9. The molecule has 0 radical (unpaired) electrons. The van der Waals surface area contributed by atoms with E-state index in [1.54, 1.807) is 24.3 Å². The lowest BCUT2D eigenvalue weighted by Gasteiger charge is -2.14. The predicted molar refractivity (Wildman–Crippen MR) is 78.8 cm³/mol. The fraction of sp³-hybridized carbons (Fsp3) is 0.154. The fourth-order valence-electron chi connectivity index (χ4n) is 1.57. The molecule has 19 heavy (non-hydrogen) atoms. The lowest BCUT2D eigenvalue weighted by Crippen LogP contribution is -2.26. The number of rotatable bonds is 3.